The zero-order chi connectivity index (χ0) is 25.0. The Morgan fingerprint density at radius 1 is 1.11 bits per heavy atom. The molecule has 196 valence electrons. The highest BCUT2D eigenvalue weighted by Gasteiger charge is 2.90. The monoisotopic (exact) mass is 498 g/mol. The zero-order valence-corrected chi connectivity index (χ0v) is 21.8. The Balaban J connectivity index is 1.40. The molecule has 3 saturated carbocycles. The van der Waals surface area contributed by atoms with Gasteiger partial charge in [-0.05, 0) is 74.9 Å². The van der Waals surface area contributed by atoms with E-state index in [0.717, 1.165) is 44.3 Å². The highest BCUT2D eigenvalue weighted by atomic mass is 16.8. The summed E-state index contributed by atoms with van der Waals surface area (Å²) in [4.78, 5) is 14.4. The number of carbonyl (C=O) groups is 1. The molecule has 0 aromatic carbocycles. The van der Waals surface area contributed by atoms with E-state index in [9.17, 15) is 9.90 Å². The Morgan fingerprint density at radius 3 is 2.72 bits per heavy atom. The number of rotatable bonds is 0. The molecule has 7 heteroatoms. The molecule has 3 spiro atoms. The van der Waals surface area contributed by atoms with Gasteiger partial charge in [0.2, 0.25) is 12.1 Å². The normalized spacial score (nSPS) is 55.3. The van der Waals surface area contributed by atoms with Crippen molar-refractivity contribution in [3.8, 4) is 0 Å². The third-order valence-electron chi connectivity index (χ3n) is 11.4. The maximum Gasteiger partial charge on any atom is 0.213 e. The first kappa shape index (κ1) is 22.7. The molecule has 1 N–H and O–H groups in total. The van der Waals surface area contributed by atoms with Gasteiger partial charge in [0.1, 0.15) is 17.3 Å². The number of ether oxygens (including phenoxy) is 5. The van der Waals surface area contributed by atoms with Gasteiger partial charge < -0.3 is 28.8 Å². The Kier molecular flexibility index (Phi) is 4.09. The standard InChI is InChI=1S/C29H38O7/c1-14-17-8-9-18-27-13-33-29(28(18,20(14)30)23(17)35-26(4,5)36-29)21(31)19(27)25(2,3)12-16-11-15-7-6-10-32-24(15)34-22(16)27/h15,17-19,21,23-24,31H,1,6-13H2,2-5H3/t15-,17+,18+,19-,21+,23-,24+,27+,28?,29?/m1/s1. The SMILES string of the molecule is C=C1C(=O)C23[C@@H]4OC(C)(C)OC25OC[C@]2(C6=C(C[C@H]7CCCO[C@H]7O6)CC(C)(C)[C@H]2[C@@H]5O)[C@@H]3CC[C@@H]14. The molecule has 0 amide bonds. The summed E-state index contributed by atoms with van der Waals surface area (Å²) in [5, 5.41) is 12.4. The highest BCUT2D eigenvalue weighted by Crippen LogP contribution is 2.80. The molecule has 5 heterocycles. The molecule has 5 aliphatic heterocycles. The van der Waals surface area contributed by atoms with E-state index in [1.54, 1.807) is 0 Å². The van der Waals surface area contributed by atoms with Gasteiger partial charge in [-0.1, -0.05) is 20.4 Å². The molecular formula is C29H38O7. The van der Waals surface area contributed by atoms with Crippen LogP contribution in [0.2, 0.25) is 0 Å². The number of aliphatic hydroxyl groups excluding tert-OH is 1. The molecule has 7 nitrogen and oxygen atoms in total. The molecule has 4 bridgehead atoms. The lowest BCUT2D eigenvalue weighted by molar-refractivity contribution is -0.527. The second-order valence-electron chi connectivity index (χ2n) is 14.0. The van der Waals surface area contributed by atoms with Crippen molar-refractivity contribution >= 4 is 5.78 Å². The molecule has 0 aromatic rings. The van der Waals surface area contributed by atoms with Crippen LogP contribution < -0.4 is 0 Å². The number of allylic oxidation sites excluding steroid dienone is 1. The van der Waals surface area contributed by atoms with Crippen molar-refractivity contribution in [1.29, 1.82) is 0 Å². The maximum absolute atomic E-state index is 14.4. The predicted octanol–water partition coefficient (Wildman–Crippen LogP) is 3.85. The van der Waals surface area contributed by atoms with Crippen LogP contribution in [0.25, 0.3) is 0 Å². The minimum Gasteiger partial charge on any atom is -0.468 e. The molecular weight excluding hydrogens is 460 g/mol. The van der Waals surface area contributed by atoms with Gasteiger partial charge in [-0.15, -0.1) is 0 Å². The molecule has 2 unspecified atom stereocenters. The summed E-state index contributed by atoms with van der Waals surface area (Å²) in [5.74, 6) is -1.58. The van der Waals surface area contributed by atoms with Crippen LogP contribution in [0.3, 0.4) is 0 Å². The van der Waals surface area contributed by atoms with Gasteiger partial charge in [0, 0.05) is 17.8 Å². The lowest BCUT2D eigenvalue weighted by Gasteiger charge is -2.77. The smallest absolute Gasteiger partial charge is 0.213 e. The van der Waals surface area contributed by atoms with Crippen LogP contribution in [0.4, 0.5) is 0 Å². The third kappa shape index (κ3) is 2.19. The lowest BCUT2D eigenvalue weighted by Crippen LogP contribution is -2.87. The van der Waals surface area contributed by atoms with Gasteiger partial charge in [-0.25, -0.2) is 0 Å². The number of ketones is 1. The van der Waals surface area contributed by atoms with E-state index in [0.29, 0.717) is 24.7 Å². The molecule has 0 aromatic heterocycles. The van der Waals surface area contributed by atoms with Gasteiger partial charge in [0.05, 0.1) is 24.7 Å². The maximum atomic E-state index is 14.4. The largest absolute Gasteiger partial charge is 0.468 e. The molecule has 4 aliphatic carbocycles. The van der Waals surface area contributed by atoms with E-state index in [1.807, 2.05) is 13.8 Å². The predicted molar refractivity (Wildman–Crippen MR) is 127 cm³/mol. The average Bonchev–Trinajstić information content (AvgIpc) is 2.93. The van der Waals surface area contributed by atoms with Crippen LogP contribution >= 0.6 is 0 Å². The zero-order valence-electron chi connectivity index (χ0n) is 21.8. The summed E-state index contributed by atoms with van der Waals surface area (Å²) in [6.45, 7) is 13.6. The fourth-order valence-corrected chi connectivity index (χ4v) is 10.7. The molecule has 0 radical (unpaired) electrons. The fraction of sp³-hybridized carbons (Fsp3) is 0.828. The number of carbonyl (C=O) groups excluding carboxylic acids is 1. The quantitative estimate of drug-likeness (QED) is 0.508. The Morgan fingerprint density at radius 2 is 1.92 bits per heavy atom. The van der Waals surface area contributed by atoms with Gasteiger partial charge in [0.25, 0.3) is 0 Å². The summed E-state index contributed by atoms with van der Waals surface area (Å²) in [6, 6.07) is 0. The number of aliphatic hydroxyl groups is 1. The van der Waals surface area contributed by atoms with E-state index in [1.165, 1.54) is 5.57 Å². The molecule has 10 atom stereocenters. The topological polar surface area (TPSA) is 83.5 Å². The van der Waals surface area contributed by atoms with Gasteiger partial charge >= 0.3 is 0 Å². The van der Waals surface area contributed by atoms with E-state index in [4.69, 9.17) is 23.7 Å². The fourth-order valence-electron chi connectivity index (χ4n) is 10.7. The second kappa shape index (κ2) is 6.48. The summed E-state index contributed by atoms with van der Waals surface area (Å²) in [6.07, 6.45) is 3.95. The van der Waals surface area contributed by atoms with Crippen LogP contribution in [0.5, 0.6) is 0 Å². The van der Waals surface area contributed by atoms with Crippen molar-refractivity contribution in [2.45, 2.75) is 96.3 Å². The Hall–Kier alpha value is -1.25. The van der Waals surface area contributed by atoms with Crippen LogP contribution in [-0.4, -0.2) is 54.2 Å². The summed E-state index contributed by atoms with van der Waals surface area (Å²) in [7, 11) is 0. The number of hydrogen-bond donors (Lipinski definition) is 1. The number of Topliss-reactive ketones (excluding diaryl/α,β-unsaturated/α-hetero) is 1. The van der Waals surface area contributed by atoms with Crippen LogP contribution in [-0.2, 0) is 28.5 Å². The first-order chi connectivity index (χ1) is 17.0. The van der Waals surface area contributed by atoms with Crippen LogP contribution in [0.1, 0.15) is 66.2 Å². The summed E-state index contributed by atoms with van der Waals surface area (Å²) in [5.41, 5.74) is -0.0639. The van der Waals surface area contributed by atoms with E-state index < -0.39 is 34.6 Å². The Labute approximate surface area is 212 Å². The van der Waals surface area contributed by atoms with Crippen molar-refractivity contribution < 1.29 is 33.6 Å². The lowest BCUT2D eigenvalue weighted by atomic mass is 9.36. The highest BCUT2D eigenvalue weighted by molar-refractivity contribution is 6.05. The molecule has 9 rings (SSSR count). The first-order valence-electron chi connectivity index (χ1n) is 13.9. The molecule has 36 heavy (non-hydrogen) atoms. The van der Waals surface area contributed by atoms with E-state index in [2.05, 4.69) is 20.4 Å². The minimum atomic E-state index is -1.46. The Bertz CT molecular complexity index is 1120. The third-order valence-corrected chi connectivity index (χ3v) is 11.4. The van der Waals surface area contributed by atoms with Crippen LogP contribution in [0, 0.1) is 39.9 Å². The number of hydrogen-bond acceptors (Lipinski definition) is 7. The number of fused-ring (bicyclic) bond motifs is 2. The van der Waals surface area contributed by atoms with Crippen molar-refractivity contribution in [1.82, 2.24) is 0 Å². The van der Waals surface area contributed by atoms with Gasteiger partial charge in [-0.3, -0.25) is 4.79 Å². The van der Waals surface area contributed by atoms with Crippen molar-refractivity contribution in [3.63, 3.8) is 0 Å². The molecule has 4 saturated heterocycles. The first-order valence-corrected chi connectivity index (χ1v) is 13.9. The summed E-state index contributed by atoms with van der Waals surface area (Å²) < 4.78 is 33.0. The minimum absolute atomic E-state index is 0.0415. The molecule has 9 aliphatic rings. The van der Waals surface area contributed by atoms with Crippen LogP contribution in [0.15, 0.2) is 23.5 Å². The van der Waals surface area contributed by atoms with Crippen molar-refractivity contribution in [2.24, 2.45) is 39.9 Å². The average molecular weight is 499 g/mol. The van der Waals surface area contributed by atoms with E-state index >= 15 is 0 Å². The second-order valence-corrected chi connectivity index (χ2v) is 14.0. The molecule has 7 fully saturated rings. The van der Waals surface area contributed by atoms with Crippen molar-refractivity contribution in [2.75, 3.05) is 13.2 Å². The van der Waals surface area contributed by atoms with Gasteiger partial charge in [0.15, 0.2) is 11.6 Å². The summed E-state index contributed by atoms with van der Waals surface area (Å²) >= 11 is 0. The van der Waals surface area contributed by atoms with Crippen molar-refractivity contribution in [3.05, 3.63) is 23.5 Å². The van der Waals surface area contributed by atoms with Gasteiger partial charge in [-0.2, -0.15) is 0 Å². The van der Waals surface area contributed by atoms with E-state index in [-0.39, 0.29) is 35.2 Å².